The Morgan fingerprint density at radius 3 is 2.59 bits per heavy atom. The van der Waals surface area contributed by atoms with E-state index < -0.39 is 0 Å². The summed E-state index contributed by atoms with van der Waals surface area (Å²) in [7, 11) is 0. The molecule has 2 rings (SSSR count). The zero-order valence-electron chi connectivity index (χ0n) is 11.0. The first-order chi connectivity index (χ1) is 8.05. The van der Waals surface area contributed by atoms with Crippen LogP contribution < -0.4 is 11.1 Å². The summed E-state index contributed by atoms with van der Waals surface area (Å²) in [6.45, 7) is 5.81. The number of rotatable bonds is 4. The van der Waals surface area contributed by atoms with Gasteiger partial charge in [-0.2, -0.15) is 0 Å². The van der Waals surface area contributed by atoms with Gasteiger partial charge in [0.1, 0.15) is 0 Å². The second kappa shape index (κ2) is 5.09. The van der Waals surface area contributed by atoms with Crippen molar-refractivity contribution < 1.29 is 0 Å². The molecule has 1 aromatic carbocycles. The van der Waals surface area contributed by atoms with E-state index in [1.54, 1.807) is 0 Å². The molecular weight excluding hydrogens is 208 g/mol. The van der Waals surface area contributed by atoms with Crippen molar-refractivity contribution >= 4 is 5.69 Å². The SMILES string of the molecule is CC1(C)CCC(NCCc2ccc(N)cc2)C1. The number of hydrogen-bond acceptors (Lipinski definition) is 2. The van der Waals surface area contributed by atoms with Crippen molar-refractivity contribution in [3.8, 4) is 0 Å². The first kappa shape index (κ1) is 12.4. The molecule has 0 spiro atoms. The summed E-state index contributed by atoms with van der Waals surface area (Å²) in [5.74, 6) is 0. The Kier molecular flexibility index (Phi) is 3.72. The van der Waals surface area contributed by atoms with E-state index in [4.69, 9.17) is 5.73 Å². The Hall–Kier alpha value is -1.02. The van der Waals surface area contributed by atoms with Crippen LogP contribution in [0.25, 0.3) is 0 Å². The molecule has 1 unspecified atom stereocenters. The lowest BCUT2D eigenvalue weighted by atomic mass is 9.92. The van der Waals surface area contributed by atoms with Gasteiger partial charge in [-0.05, 0) is 55.3 Å². The number of anilines is 1. The summed E-state index contributed by atoms with van der Waals surface area (Å²) >= 11 is 0. The fraction of sp³-hybridized carbons (Fsp3) is 0.600. The molecule has 1 fully saturated rings. The van der Waals surface area contributed by atoms with E-state index in [1.807, 2.05) is 12.1 Å². The van der Waals surface area contributed by atoms with Crippen molar-refractivity contribution in [2.45, 2.75) is 45.6 Å². The second-order valence-corrected chi connectivity index (χ2v) is 6.05. The van der Waals surface area contributed by atoms with Crippen LogP contribution in [0, 0.1) is 5.41 Å². The van der Waals surface area contributed by atoms with Crippen LogP contribution in [0.4, 0.5) is 5.69 Å². The third-order valence-electron chi connectivity index (χ3n) is 3.79. The average Bonchev–Trinajstić information content (AvgIpc) is 2.61. The Morgan fingerprint density at radius 2 is 2.00 bits per heavy atom. The highest BCUT2D eigenvalue weighted by molar-refractivity contribution is 5.39. The maximum atomic E-state index is 5.67. The topological polar surface area (TPSA) is 38.0 Å². The van der Waals surface area contributed by atoms with Crippen molar-refractivity contribution in [1.82, 2.24) is 5.32 Å². The molecule has 2 heteroatoms. The number of nitrogens with one attached hydrogen (secondary N) is 1. The van der Waals surface area contributed by atoms with Crippen molar-refractivity contribution in [3.63, 3.8) is 0 Å². The van der Waals surface area contributed by atoms with Gasteiger partial charge in [0.15, 0.2) is 0 Å². The molecule has 1 atom stereocenters. The van der Waals surface area contributed by atoms with Crippen molar-refractivity contribution in [2.75, 3.05) is 12.3 Å². The zero-order valence-corrected chi connectivity index (χ0v) is 11.0. The minimum Gasteiger partial charge on any atom is -0.399 e. The van der Waals surface area contributed by atoms with Gasteiger partial charge in [-0.3, -0.25) is 0 Å². The molecule has 1 saturated carbocycles. The summed E-state index contributed by atoms with van der Waals surface area (Å²) in [6, 6.07) is 8.92. The van der Waals surface area contributed by atoms with E-state index in [0.717, 1.165) is 24.7 Å². The van der Waals surface area contributed by atoms with Gasteiger partial charge in [0.25, 0.3) is 0 Å². The Morgan fingerprint density at radius 1 is 1.29 bits per heavy atom. The van der Waals surface area contributed by atoms with Crippen LogP contribution in [0.15, 0.2) is 24.3 Å². The summed E-state index contributed by atoms with van der Waals surface area (Å²) in [5, 5.41) is 3.67. The lowest BCUT2D eigenvalue weighted by molar-refractivity contribution is 0.365. The first-order valence-electron chi connectivity index (χ1n) is 6.63. The van der Waals surface area contributed by atoms with Gasteiger partial charge in [0.05, 0.1) is 0 Å². The average molecular weight is 232 g/mol. The predicted octanol–water partition coefficient (Wildman–Crippen LogP) is 2.98. The lowest BCUT2D eigenvalue weighted by Gasteiger charge is -2.17. The Bertz CT molecular complexity index is 354. The maximum Gasteiger partial charge on any atom is 0.0314 e. The van der Waals surface area contributed by atoms with Gasteiger partial charge in [0.2, 0.25) is 0 Å². The molecule has 2 nitrogen and oxygen atoms in total. The van der Waals surface area contributed by atoms with Crippen LogP contribution in [-0.2, 0) is 6.42 Å². The highest BCUT2D eigenvalue weighted by Gasteiger charge is 2.30. The molecule has 0 saturated heterocycles. The van der Waals surface area contributed by atoms with Crippen LogP contribution in [0.1, 0.15) is 38.7 Å². The largest absolute Gasteiger partial charge is 0.399 e. The fourth-order valence-electron chi connectivity index (χ4n) is 2.72. The monoisotopic (exact) mass is 232 g/mol. The molecule has 0 radical (unpaired) electrons. The number of nitrogens with two attached hydrogens (primary N) is 1. The van der Waals surface area contributed by atoms with Crippen LogP contribution >= 0.6 is 0 Å². The van der Waals surface area contributed by atoms with Crippen LogP contribution in [0.3, 0.4) is 0 Å². The minimum atomic E-state index is 0.541. The number of nitrogen functional groups attached to an aromatic ring is 1. The normalized spacial score (nSPS) is 22.8. The fourth-order valence-corrected chi connectivity index (χ4v) is 2.72. The van der Waals surface area contributed by atoms with Gasteiger partial charge < -0.3 is 11.1 Å². The number of hydrogen-bond donors (Lipinski definition) is 2. The predicted molar refractivity (Wildman–Crippen MR) is 74.0 cm³/mol. The molecule has 3 N–H and O–H groups in total. The molecule has 17 heavy (non-hydrogen) atoms. The van der Waals surface area contributed by atoms with Gasteiger partial charge >= 0.3 is 0 Å². The highest BCUT2D eigenvalue weighted by Crippen LogP contribution is 2.36. The lowest BCUT2D eigenvalue weighted by Crippen LogP contribution is -2.29. The third kappa shape index (κ3) is 3.74. The molecule has 1 aromatic rings. The Labute approximate surface area is 105 Å². The maximum absolute atomic E-state index is 5.67. The third-order valence-corrected chi connectivity index (χ3v) is 3.79. The van der Waals surface area contributed by atoms with E-state index in [1.165, 1.54) is 24.8 Å². The Balaban J connectivity index is 1.71. The molecule has 94 valence electrons. The van der Waals surface area contributed by atoms with Crippen molar-refractivity contribution in [1.29, 1.82) is 0 Å². The molecule has 1 aliphatic rings. The molecule has 0 aromatic heterocycles. The zero-order chi connectivity index (χ0) is 12.3. The second-order valence-electron chi connectivity index (χ2n) is 6.05. The van der Waals surface area contributed by atoms with E-state index in [-0.39, 0.29) is 0 Å². The smallest absolute Gasteiger partial charge is 0.0314 e. The minimum absolute atomic E-state index is 0.541. The molecule has 0 amide bonds. The molecular formula is C15H24N2. The molecule has 0 heterocycles. The standard InChI is InChI=1S/C15H24N2/c1-15(2)9-7-14(11-15)17-10-8-12-3-5-13(16)6-4-12/h3-6,14,17H,7-11,16H2,1-2H3. The van der Waals surface area contributed by atoms with E-state index >= 15 is 0 Å². The summed E-state index contributed by atoms with van der Waals surface area (Å²) in [4.78, 5) is 0. The van der Waals surface area contributed by atoms with Crippen LogP contribution in [-0.4, -0.2) is 12.6 Å². The van der Waals surface area contributed by atoms with E-state index in [0.29, 0.717) is 5.41 Å². The quantitative estimate of drug-likeness (QED) is 0.783. The van der Waals surface area contributed by atoms with Crippen LogP contribution in [0.2, 0.25) is 0 Å². The first-order valence-corrected chi connectivity index (χ1v) is 6.63. The summed E-state index contributed by atoms with van der Waals surface area (Å²) in [6.07, 6.45) is 5.09. The van der Waals surface area contributed by atoms with E-state index in [2.05, 4.69) is 31.3 Å². The van der Waals surface area contributed by atoms with Gasteiger partial charge in [-0.25, -0.2) is 0 Å². The van der Waals surface area contributed by atoms with Crippen molar-refractivity contribution in [3.05, 3.63) is 29.8 Å². The van der Waals surface area contributed by atoms with E-state index in [9.17, 15) is 0 Å². The molecule has 0 bridgehead atoms. The van der Waals surface area contributed by atoms with Gasteiger partial charge in [0, 0.05) is 11.7 Å². The summed E-state index contributed by atoms with van der Waals surface area (Å²) < 4.78 is 0. The number of benzene rings is 1. The summed E-state index contributed by atoms with van der Waals surface area (Å²) in [5.41, 5.74) is 8.42. The highest BCUT2D eigenvalue weighted by atomic mass is 14.9. The van der Waals surface area contributed by atoms with Gasteiger partial charge in [-0.1, -0.05) is 26.0 Å². The molecule has 1 aliphatic carbocycles. The molecule has 0 aliphatic heterocycles. The van der Waals surface area contributed by atoms with Crippen LogP contribution in [0.5, 0.6) is 0 Å². The van der Waals surface area contributed by atoms with Crippen molar-refractivity contribution in [2.24, 2.45) is 5.41 Å². The van der Waals surface area contributed by atoms with Gasteiger partial charge in [-0.15, -0.1) is 0 Å².